The molecule has 1 aliphatic carbocycles. The Morgan fingerprint density at radius 2 is 1.85 bits per heavy atom. The van der Waals surface area contributed by atoms with Gasteiger partial charge in [-0.15, -0.1) is 23.2 Å². The van der Waals surface area contributed by atoms with Crippen molar-refractivity contribution < 1.29 is 5.11 Å². The van der Waals surface area contributed by atoms with Crippen LogP contribution in [0.4, 0.5) is 0 Å². The van der Waals surface area contributed by atoms with Crippen LogP contribution in [0.15, 0.2) is 23.5 Å². The van der Waals surface area contributed by atoms with Gasteiger partial charge in [-0.25, -0.2) is 0 Å². The van der Waals surface area contributed by atoms with E-state index in [9.17, 15) is 5.11 Å². The van der Waals surface area contributed by atoms with Gasteiger partial charge in [0.05, 0.1) is 11.5 Å². The Bertz CT molecular complexity index is 438. The molecule has 0 aromatic carbocycles. The summed E-state index contributed by atoms with van der Waals surface area (Å²) in [6.07, 6.45) is 5.50. The molecule has 0 saturated carbocycles. The van der Waals surface area contributed by atoms with Gasteiger partial charge in [0.1, 0.15) is 0 Å². The highest BCUT2D eigenvalue weighted by molar-refractivity contribution is 6.24. The third-order valence-electron chi connectivity index (χ3n) is 4.62. The van der Waals surface area contributed by atoms with Crippen LogP contribution in [0.5, 0.6) is 0 Å². The van der Waals surface area contributed by atoms with Crippen LogP contribution in [0.2, 0.25) is 0 Å². The molecule has 1 saturated heterocycles. The van der Waals surface area contributed by atoms with Gasteiger partial charge < -0.3 is 15.7 Å². The summed E-state index contributed by atoms with van der Waals surface area (Å²) in [5, 5.41) is 17.4. The highest BCUT2D eigenvalue weighted by Gasteiger charge is 2.38. The Balaban J connectivity index is 1.89. The summed E-state index contributed by atoms with van der Waals surface area (Å²) in [6, 6.07) is 0. The van der Waals surface area contributed by atoms with Crippen molar-refractivity contribution in [2.45, 2.75) is 36.6 Å². The van der Waals surface area contributed by atoms with Crippen LogP contribution >= 0.6 is 23.2 Å². The molecule has 2 aliphatic heterocycles. The zero-order valence-corrected chi connectivity index (χ0v) is 13.2. The van der Waals surface area contributed by atoms with Crippen LogP contribution in [0.3, 0.4) is 0 Å². The van der Waals surface area contributed by atoms with E-state index < -0.39 is 0 Å². The molecule has 0 radical (unpaired) electrons. The molecule has 5 heteroatoms. The monoisotopic (exact) mass is 316 g/mol. The van der Waals surface area contributed by atoms with Crippen molar-refractivity contribution in [2.75, 3.05) is 13.1 Å². The average Bonchev–Trinajstić information content (AvgIpc) is 2.74. The van der Waals surface area contributed by atoms with E-state index >= 15 is 0 Å². The van der Waals surface area contributed by atoms with Crippen LogP contribution in [0, 0.1) is 17.8 Å². The van der Waals surface area contributed by atoms with E-state index in [-0.39, 0.29) is 28.7 Å². The number of halogens is 2. The largest absolute Gasteiger partial charge is 0.392 e. The first-order valence-corrected chi connectivity index (χ1v) is 8.30. The van der Waals surface area contributed by atoms with Crippen molar-refractivity contribution in [3.05, 3.63) is 23.5 Å². The lowest BCUT2D eigenvalue weighted by Gasteiger charge is -2.27. The molecule has 112 valence electrons. The van der Waals surface area contributed by atoms with Gasteiger partial charge in [-0.3, -0.25) is 0 Å². The molecule has 0 aromatic rings. The molecule has 0 spiro atoms. The third kappa shape index (κ3) is 2.68. The number of hydrogen-bond donors (Lipinski definition) is 3. The van der Waals surface area contributed by atoms with Crippen LogP contribution in [0.1, 0.15) is 19.8 Å². The quantitative estimate of drug-likeness (QED) is 0.513. The fourth-order valence-electron chi connectivity index (χ4n) is 3.49. The minimum atomic E-state index is -0.276. The summed E-state index contributed by atoms with van der Waals surface area (Å²) < 4.78 is 0. The zero-order chi connectivity index (χ0) is 14.3. The number of rotatable bonds is 1. The van der Waals surface area contributed by atoms with Crippen LogP contribution < -0.4 is 10.6 Å². The maximum absolute atomic E-state index is 10.4. The Labute approximate surface area is 130 Å². The van der Waals surface area contributed by atoms with E-state index in [1.165, 1.54) is 0 Å². The Morgan fingerprint density at radius 3 is 2.60 bits per heavy atom. The number of alkyl halides is 2. The molecule has 6 atom stereocenters. The fourth-order valence-corrected chi connectivity index (χ4v) is 4.26. The third-order valence-corrected chi connectivity index (χ3v) is 5.40. The highest BCUT2D eigenvalue weighted by atomic mass is 35.5. The minimum Gasteiger partial charge on any atom is -0.392 e. The molecule has 6 unspecified atom stereocenters. The predicted octanol–water partition coefficient (Wildman–Crippen LogP) is 2.20. The van der Waals surface area contributed by atoms with Crippen LogP contribution in [0.25, 0.3) is 0 Å². The van der Waals surface area contributed by atoms with Crippen molar-refractivity contribution in [1.82, 2.24) is 10.6 Å². The van der Waals surface area contributed by atoms with Gasteiger partial charge in [0.15, 0.2) is 0 Å². The summed E-state index contributed by atoms with van der Waals surface area (Å²) >= 11 is 12.6. The molecule has 3 rings (SSSR count). The van der Waals surface area contributed by atoms with E-state index in [4.69, 9.17) is 23.2 Å². The van der Waals surface area contributed by atoms with Crippen molar-refractivity contribution in [2.24, 2.45) is 17.8 Å². The summed E-state index contributed by atoms with van der Waals surface area (Å²) in [7, 11) is 0. The summed E-state index contributed by atoms with van der Waals surface area (Å²) in [5.74, 6) is 0.825. The van der Waals surface area contributed by atoms with Gasteiger partial charge in [-0.1, -0.05) is 19.1 Å². The fraction of sp³-hybridized carbons (Fsp3) is 0.733. The van der Waals surface area contributed by atoms with Gasteiger partial charge in [0.2, 0.25) is 0 Å². The van der Waals surface area contributed by atoms with Crippen molar-refractivity contribution in [3.8, 4) is 0 Å². The first-order chi connectivity index (χ1) is 9.56. The number of aliphatic hydroxyl groups is 1. The lowest BCUT2D eigenvalue weighted by Crippen LogP contribution is -2.29. The molecular formula is C15H22Cl2N2O. The van der Waals surface area contributed by atoms with Gasteiger partial charge in [0, 0.05) is 41.7 Å². The van der Waals surface area contributed by atoms with E-state index in [0.717, 1.165) is 37.3 Å². The Hall–Kier alpha value is -0.380. The first kappa shape index (κ1) is 14.6. The van der Waals surface area contributed by atoms with Crippen molar-refractivity contribution in [3.63, 3.8) is 0 Å². The highest BCUT2D eigenvalue weighted by Crippen LogP contribution is 2.37. The summed E-state index contributed by atoms with van der Waals surface area (Å²) in [4.78, 5) is 0. The van der Waals surface area contributed by atoms with E-state index in [2.05, 4.69) is 23.6 Å². The SMILES string of the molecule is CC1CNC2=C(C3C=CC(Cl)CC3Cl)NCC2C(O)C1. The summed E-state index contributed by atoms with van der Waals surface area (Å²) in [6.45, 7) is 3.88. The smallest absolute Gasteiger partial charge is 0.0643 e. The molecular weight excluding hydrogens is 295 g/mol. The molecule has 3 N–H and O–H groups in total. The lowest BCUT2D eigenvalue weighted by molar-refractivity contribution is 0.112. The van der Waals surface area contributed by atoms with Gasteiger partial charge in [-0.05, 0) is 18.8 Å². The van der Waals surface area contributed by atoms with E-state index in [1.54, 1.807) is 0 Å². The second kappa shape index (κ2) is 5.78. The summed E-state index contributed by atoms with van der Waals surface area (Å²) in [5.41, 5.74) is 2.32. The zero-order valence-electron chi connectivity index (χ0n) is 11.7. The molecule has 0 amide bonds. The lowest BCUT2D eigenvalue weighted by atomic mass is 9.89. The van der Waals surface area contributed by atoms with E-state index in [1.807, 2.05) is 6.08 Å². The second-order valence-corrected chi connectivity index (χ2v) is 7.40. The van der Waals surface area contributed by atoms with Crippen molar-refractivity contribution in [1.29, 1.82) is 0 Å². The molecule has 0 aromatic heterocycles. The number of hydrogen-bond acceptors (Lipinski definition) is 3. The Kier molecular flexibility index (Phi) is 4.21. The number of nitrogens with one attached hydrogen (secondary N) is 2. The average molecular weight is 317 g/mol. The van der Waals surface area contributed by atoms with Gasteiger partial charge >= 0.3 is 0 Å². The van der Waals surface area contributed by atoms with Crippen LogP contribution in [-0.4, -0.2) is 35.1 Å². The van der Waals surface area contributed by atoms with Crippen LogP contribution in [-0.2, 0) is 0 Å². The molecule has 3 nitrogen and oxygen atoms in total. The maximum atomic E-state index is 10.4. The predicted molar refractivity (Wildman–Crippen MR) is 82.8 cm³/mol. The minimum absolute atomic E-state index is 0.0101. The topological polar surface area (TPSA) is 44.3 Å². The number of fused-ring (bicyclic) bond motifs is 1. The van der Waals surface area contributed by atoms with Crippen molar-refractivity contribution >= 4 is 23.2 Å². The molecule has 1 fully saturated rings. The second-order valence-electron chi connectivity index (χ2n) is 6.28. The van der Waals surface area contributed by atoms with E-state index in [0.29, 0.717) is 5.92 Å². The maximum Gasteiger partial charge on any atom is 0.0643 e. The van der Waals surface area contributed by atoms with Gasteiger partial charge in [0.25, 0.3) is 0 Å². The molecule has 3 aliphatic rings. The standard InChI is InChI=1S/C15H22Cl2N2O/c1-8-4-13(20)11-7-19-14(15(11)18-6-8)10-3-2-9(16)5-12(10)17/h2-3,8-13,18-20H,4-7H2,1H3. The Morgan fingerprint density at radius 1 is 1.10 bits per heavy atom. The molecule has 0 bridgehead atoms. The number of aliphatic hydroxyl groups excluding tert-OH is 1. The van der Waals surface area contributed by atoms with Gasteiger partial charge in [-0.2, -0.15) is 0 Å². The first-order valence-electron chi connectivity index (χ1n) is 7.42. The normalized spacial score (nSPS) is 44.6. The number of allylic oxidation sites excluding steroid dienone is 2. The molecule has 20 heavy (non-hydrogen) atoms. The molecule has 2 heterocycles.